The van der Waals surface area contributed by atoms with Crippen LogP contribution in [0.3, 0.4) is 0 Å². The maximum Gasteiger partial charge on any atom is 0.0541 e. The van der Waals surface area contributed by atoms with Gasteiger partial charge in [-0.25, -0.2) is 0 Å². The molecule has 9 aromatic rings. The summed E-state index contributed by atoms with van der Waals surface area (Å²) in [6, 6.07) is 69.8. The fraction of sp³-hybridized carbons (Fsp3) is 0. The van der Waals surface area contributed by atoms with Crippen molar-refractivity contribution in [2.75, 3.05) is 4.90 Å². The van der Waals surface area contributed by atoms with Gasteiger partial charge in [-0.05, 0) is 82.2 Å². The molecule has 1 heterocycles. The first-order valence-electron chi connectivity index (χ1n) is 16.4. The molecule has 0 N–H and O–H groups in total. The van der Waals surface area contributed by atoms with E-state index in [-0.39, 0.29) is 0 Å². The number of rotatable bonds is 6. The summed E-state index contributed by atoms with van der Waals surface area (Å²) >= 11 is 0. The van der Waals surface area contributed by atoms with Crippen molar-refractivity contribution >= 4 is 49.6 Å². The normalized spacial score (nSPS) is 11.3. The van der Waals surface area contributed by atoms with Gasteiger partial charge in [0.15, 0.2) is 0 Å². The lowest BCUT2D eigenvalue weighted by Crippen LogP contribution is -2.10. The van der Waals surface area contributed by atoms with Crippen molar-refractivity contribution in [2.24, 2.45) is 0 Å². The van der Waals surface area contributed by atoms with Crippen LogP contribution in [-0.4, -0.2) is 4.57 Å². The lowest BCUT2D eigenvalue weighted by atomic mass is 10.0. The lowest BCUT2D eigenvalue weighted by Gasteiger charge is -2.27. The Balaban J connectivity index is 1.09. The monoisotopic (exact) mass is 612 g/mol. The Morgan fingerprint density at radius 1 is 0.312 bits per heavy atom. The maximum atomic E-state index is 2.37. The summed E-state index contributed by atoms with van der Waals surface area (Å²) in [5, 5.41) is 4.99. The highest BCUT2D eigenvalue weighted by Gasteiger charge is 2.16. The van der Waals surface area contributed by atoms with E-state index in [2.05, 4.69) is 204 Å². The Morgan fingerprint density at radius 3 is 1.33 bits per heavy atom. The van der Waals surface area contributed by atoms with Crippen LogP contribution in [0.25, 0.3) is 60.5 Å². The number of aromatic nitrogens is 1. The van der Waals surface area contributed by atoms with E-state index >= 15 is 0 Å². The zero-order valence-electron chi connectivity index (χ0n) is 26.4. The molecule has 0 amide bonds. The lowest BCUT2D eigenvalue weighted by molar-refractivity contribution is 1.18. The van der Waals surface area contributed by atoms with E-state index in [0.717, 1.165) is 22.7 Å². The van der Waals surface area contributed by atoms with E-state index in [0.29, 0.717) is 0 Å². The first-order chi connectivity index (χ1) is 23.8. The topological polar surface area (TPSA) is 8.17 Å². The number of anilines is 3. The fourth-order valence-corrected chi connectivity index (χ4v) is 7.07. The van der Waals surface area contributed by atoms with Crippen molar-refractivity contribution < 1.29 is 0 Å². The predicted molar refractivity (Wildman–Crippen MR) is 204 cm³/mol. The highest BCUT2D eigenvalue weighted by molar-refractivity contribution is 6.09. The molecule has 0 fully saturated rings. The van der Waals surface area contributed by atoms with Crippen molar-refractivity contribution in [3.05, 3.63) is 194 Å². The van der Waals surface area contributed by atoms with Crippen LogP contribution in [0.5, 0.6) is 0 Å². The van der Waals surface area contributed by atoms with Gasteiger partial charge in [0.25, 0.3) is 0 Å². The van der Waals surface area contributed by atoms with Gasteiger partial charge in [-0.15, -0.1) is 0 Å². The third-order valence-corrected chi connectivity index (χ3v) is 9.40. The molecule has 8 aromatic carbocycles. The molecule has 226 valence electrons. The van der Waals surface area contributed by atoms with Crippen LogP contribution in [-0.2, 0) is 0 Å². The van der Waals surface area contributed by atoms with Crippen molar-refractivity contribution in [3.8, 4) is 27.9 Å². The number of fused-ring (bicyclic) bond motifs is 4. The minimum Gasteiger partial charge on any atom is -0.310 e. The second kappa shape index (κ2) is 11.8. The smallest absolute Gasteiger partial charge is 0.0541 e. The summed E-state index contributed by atoms with van der Waals surface area (Å²) < 4.78 is 2.36. The van der Waals surface area contributed by atoms with Gasteiger partial charge in [0, 0.05) is 33.2 Å². The third kappa shape index (κ3) is 4.83. The van der Waals surface area contributed by atoms with E-state index in [4.69, 9.17) is 0 Å². The molecule has 0 saturated heterocycles. The molecule has 48 heavy (non-hydrogen) atoms. The van der Waals surface area contributed by atoms with Gasteiger partial charge in [0.2, 0.25) is 0 Å². The van der Waals surface area contributed by atoms with E-state index < -0.39 is 0 Å². The Labute approximate surface area is 280 Å². The van der Waals surface area contributed by atoms with Gasteiger partial charge in [-0.1, -0.05) is 140 Å². The van der Waals surface area contributed by atoms with Gasteiger partial charge < -0.3 is 9.47 Å². The average molecular weight is 613 g/mol. The first kappa shape index (κ1) is 27.9. The van der Waals surface area contributed by atoms with Crippen LogP contribution >= 0.6 is 0 Å². The predicted octanol–water partition coefficient (Wildman–Crippen LogP) is 12.7. The molecular formula is C46H32N2. The SMILES string of the molecule is c1ccc(-c2ccc(N(c3ccc(-c4ccc(-n5c6ccccc6c6ccccc65)cc4)cc3)c3cccc4ccccc34)cc2)cc1. The Hall–Kier alpha value is -6.38. The molecule has 0 radical (unpaired) electrons. The molecule has 0 spiro atoms. The number of benzene rings is 8. The molecule has 9 rings (SSSR count). The summed E-state index contributed by atoms with van der Waals surface area (Å²) in [5.41, 5.74) is 11.8. The molecule has 0 atom stereocenters. The molecule has 1 aromatic heterocycles. The van der Waals surface area contributed by atoms with E-state index in [9.17, 15) is 0 Å². The highest BCUT2D eigenvalue weighted by atomic mass is 15.1. The quantitative estimate of drug-likeness (QED) is 0.181. The molecule has 0 aliphatic heterocycles. The molecule has 2 nitrogen and oxygen atoms in total. The summed E-state index contributed by atoms with van der Waals surface area (Å²) in [5.74, 6) is 0. The van der Waals surface area contributed by atoms with Gasteiger partial charge in [-0.3, -0.25) is 0 Å². The Morgan fingerprint density at radius 2 is 0.750 bits per heavy atom. The van der Waals surface area contributed by atoms with Gasteiger partial charge >= 0.3 is 0 Å². The van der Waals surface area contributed by atoms with Crippen molar-refractivity contribution in [1.82, 2.24) is 4.57 Å². The molecule has 2 heteroatoms. The van der Waals surface area contributed by atoms with Crippen LogP contribution in [0, 0.1) is 0 Å². The van der Waals surface area contributed by atoms with Crippen molar-refractivity contribution in [2.45, 2.75) is 0 Å². The van der Waals surface area contributed by atoms with Crippen LogP contribution in [0.1, 0.15) is 0 Å². The summed E-state index contributed by atoms with van der Waals surface area (Å²) in [6.45, 7) is 0. The van der Waals surface area contributed by atoms with Crippen LogP contribution < -0.4 is 4.90 Å². The van der Waals surface area contributed by atoms with E-state index in [1.165, 1.54) is 54.8 Å². The largest absolute Gasteiger partial charge is 0.310 e. The van der Waals surface area contributed by atoms with Crippen LogP contribution in [0.15, 0.2) is 194 Å². The van der Waals surface area contributed by atoms with Crippen LogP contribution in [0.4, 0.5) is 17.1 Å². The highest BCUT2D eigenvalue weighted by Crippen LogP contribution is 2.40. The van der Waals surface area contributed by atoms with Crippen molar-refractivity contribution in [1.29, 1.82) is 0 Å². The van der Waals surface area contributed by atoms with Crippen molar-refractivity contribution in [3.63, 3.8) is 0 Å². The summed E-state index contributed by atoms with van der Waals surface area (Å²) in [4.78, 5) is 2.37. The average Bonchev–Trinajstić information content (AvgIpc) is 3.50. The zero-order valence-corrected chi connectivity index (χ0v) is 26.4. The standard InChI is InChI=1S/C46H32N2/c1-2-11-33(12-3-1)34-21-27-38(28-22-34)47(44-20-10-14-37-13-4-5-15-41(37)44)39-29-23-35(24-30-39)36-25-31-40(32-26-36)48-45-18-8-6-16-42(45)43-17-7-9-19-46(43)48/h1-32H. The molecule has 0 bridgehead atoms. The second-order valence-corrected chi connectivity index (χ2v) is 12.2. The van der Waals surface area contributed by atoms with E-state index in [1.54, 1.807) is 0 Å². The van der Waals surface area contributed by atoms with Gasteiger partial charge in [0.05, 0.1) is 16.7 Å². The minimum atomic E-state index is 1.12. The second-order valence-electron chi connectivity index (χ2n) is 12.2. The number of hydrogen-bond donors (Lipinski definition) is 0. The summed E-state index contributed by atoms with van der Waals surface area (Å²) in [7, 11) is 0. The Kier molecular flexibility index (Phi) is 6.84. The molecule has 0 aliphatic carbocycles. The molecular weight excluding hydrogens is 581 g/mol. The van der Waals surface area contributed by atoms with Gasteiger partial charge in [-0.2, -0.15) is 0 Å². The molecule has 0 unspecified atom stereocenters. The molecule has 0 saturated carbocycles. The number of para-hydroxylation sites is 2. The third-order valence-electron chi connectivity index (χ3n) is 9.40. The fourth-order valence-electron chi connectivity index (χ4n) is 7.07. The van der Waals surface area contributed by atoms with Crippen LogP contribution in [0.2, 0.25) is 0 Å². The van der Waals surface area contributed by atoms with E-state index in [1.807, 2.05) is 0 Å². The minimum absolute atomic E-state index is 1.12. The zero-order chi connectivity index (χ0) is 31.9. The summed E-state index contributed by atoms with van der Waals surface area (Å²) in [6.07, 6.45) is 0. The molecule has 0 aliphatic rings. The maximum absolute atomic E-state index is 2.37. The number of nitrogens with zero attached hydrogens (tertiary/aromatic N) is 2. The first-order valence-corrected chi connectivity index (χ1v) is 16.4. The van der Waals surface area contributed by atoms with Gasteiger partial charge in [0.1, 0.15) is 0 Å². The number of hydrogen-bond acceptors (Lipinski definition) is 1. The Bertz CT molecular complexity index is 2470.